The molecule has 4 nitrogen and oxygen atoms in total. The van der Waals surface area contributed by atoms with Crippen molar-refractivity contribution in [2.24, 2.45) is 0 Å². The van der Waals surface area contributed by atoms with Gasteiger partial charge >= 0.3 is 0 Å². The Labute approximate surface area is 150 Å². The lowest BCUT2D eigenvalue weighted by molar-refractivity contribution is -0.121. The molecule has 0 spiro atoms. The maximum atomic E-state index is 12.2. The van der Waals surface area contributed by atoms with Crippen LogP contribution < -0.4 is 5.32 Å². The Bertz CT molecular complexity index is 792. The van der Waals surface area contributed by atoms with E-state index in [-0.39, 0.29) is 18.4 Å². The molecule has 0 aliphatic carbocycles. The van der Waals surface area contributed by atoms with E-state index in [1.807, 2.05) is 24.3 Å². The SMILES string of the molecule is O=C(CN1Cc2ccccc2C1=O)NCCc1ccc(Cl)c(Cl)c1. The fourth-order valence-corrected chi connectivity index (χ4v) is 3.03. The first-order valence-electron chi connectivity index (χ1n) is 7.62. The molecule has 6 heteroatoms. The fraction of sp³-hybridized carbons (Fsp3) is 0.222. The summed E-state index contributed by atoms with van der Waals surface area (Å²) in [7, 11) is 0. The fourth-order valence-electron chi connectivity index (χ4n) is 2.71. The average molecular weight is 363 g/mol. The highest BCUT2D eigenvalue weighted by atomic mass is 35.5. The van der Waals surface area contributed by atoms with Crippen LogP contribution >= 0.6 is 23.2 Å². The summed E-state index contributed by atoms with van der Waals surface area (Å²) in [4.78, 5) is 25.8. The summed E-state index contributed by atoms with van der Waals surface area (Å²) >= 11 is 11.8. The van der Waals surface area contributed by atoms with Crippen LogP contribution in [0.3, 0.4) is 0 Å². The molecule has 0 atom stereocenters. The molecule has 0 unspecified atom stereocenters. The molecular weight excluding hydrogens is 347 g/mol. The predicted molar refractivity (Wildman–Crippen MR) is 94.4 cm³/mol. The van der Waals surface area contributed by atoms with E-state index in [0.29, 0.717) is 35.1 Å². The molecule has 1 aliphatic heterocycles. The van der Waals surface area contributed by atoms with Crippen LogP contribution in [0.2, 0.25) is 10.0 Å². The molecule has 24 heavy (non-hydrogen) atoms. The maximum Gasteiger partial charge on any atom is 0.254 e. The number of nitrogens with zero attached hydrogens (tertiary/aromatic N) is 1. The minimum Gasteiger partial charge on any atom is -0.354 e. The molecule has 1 heterocycles. The highest BCUT2D eigenvalue weighted by Gasteiger charge is 2.27. The van der Waals surface area contributed by atoms with E-state index < -0.39 is 0 Å². The van der Waals surface area contributed by atoms with Crippen molar-refractivity contribution in [1.29, 1.82) is 0 Å². The van der Waals surface area contributed by atoms with Crippen LogP contribution in [-0.2, 0) is 17.8 Å². The number of amides is 2. The van der Waals surface area contributed by atoms with Crippen molar-refractivity contribution in [3.8, 4) is 0 Å². The molecule has 0 saturated heterocycles. The van der Waals surface area contributed by atoms with E-state index >= 15 is 0 Å². The Morgan fingerprint density at radius 3 is 2.67 bits per heavy atom. The molecule has 2 aromatic carbocycles. The number of carbonyl (C=O) groups excluding carboxylic acids is 2. The van der Waals surface area contributed by atoms with Crippen LogP contribution in [0.5, 0.6) is 0 Å². The van der Waals surface area contributed by atoms with Crippen LogP contribution in [0, 0.1) is 0 Å². The van der Waals surface area contributed by atoms with Gasteiger partial charge in [-0.05, 0) is 35.7 Å². The monoisotopic (exact) mass is 362 g/mol. The van der Waals surface area contributed by atoms with Gasteiger partial charge in [0, 0.05) is 18.7 Å². The topological polar surface area (TPSA) is 49.4 Å². The molecule has 1 aliphatic rings. The van der Waals surface area contributed by atoms with Crippen molar-refractivity contribution in [1.82, 2.24) is 10.2 Å². The van der Waals surface area contributed by atoms with E-state index in [2.05, 4.69) is 5.32 Å². The predicted octanol–water partition coefficient (Wildman–Crippen LogP) is 3.31. The van der Waals surface area contributed by atoms with Crippen molar-refractivity contribution in [3.05, 3.63) is 69.2 Å². The molecule has 0 fully saturated rings. The smallest absolute Gasteiger partial charge is 0.254 e. The van der Waals surface area contributed by atoms with E-state index in [1.165, 1.54) is 0 Å². The van der Waals surface area contributed by atoms with Gasteiger partial charge in [-0.2, -0.15) is 0 Å². The van der Waals surface area contributed by atoms with Gasteiger partial charge in [0.15, 0.2) is 0 Å². The molecule has 2 aromatic rings. The van der Waals surface area contributed by atoms with E-state index in [1.54, 1.807) is 23.1 Å². The summed E-state index contributed by atoms with van der Waals surface area (Å²) in [5.41, 5.74) is 2.64. The number of nitrogens with one attached hydrogen (secondary N) is 1. The van der Waals surface area contributed by atoms with Gasteiger partial charge in [0.25, 0.3) is 5.91 Å². The van der Waals surface area contributed by atoms with Crippen molar-refractivity contribution in [2.45, 2.75) is 13.0 Å². The normalized spacial score (nSPS) is 13.1. The summed E-state index contributed by atoms with van der Waals surface area (Å²) in [6.45, 7) is 1.02. The Hall–Kier alpha value is -2.04. The van der Waals surface area contributed by atoms with Gasteiger partial charge in [-0.3, -0.25) is 9.59 Å². The number of hydrogen-bond acceptors (Lipinski definition) is 2. The van der Waals surface area contributed by atoms with Gasteiger partial charge in [-0.25, -0.2) is 0 Å². The van der Waals surface area contributed by atoms with Crippen molar-refractivity contribution in [2.75, 3.05) is 13.1 Å². The van der Waals surface area contributed by atoms with Crippen LogP contribution in [-0.4, -0.2) is 29.8 Å². The summed E-state index contributed by atoms with van der Waals surface area (Å²) in [6.07, 6.45) is 0.650. The first-order valence-corrected chi connectivity index (χ1v) is 8.38. The third kappa shape index (κ3) is 3.71. The van der Waals surface area contributed by atoms with Gasteiger partial charge in [-0.1, -0.05) is 47.5 Å². The summed E-state index contributed by atoms with van der Waals surface area (Å²) < 4.78 is 0. The molecule has 0 radical (unpaired) electrons. The molecule has 124 valence electrons. The molecule has 2 amide bonds. The van der Waals surface area contributed by atoms with Crippen molar-refractivity contribution >= 4 is 35.0 Å². The minimum atomic E-state index is -0.170. The molecular formula is C18H16Cl2N2O2. The summed E-state index contributed by atoms with van der Waals surface area (Å²) in [5, 5.41) is 3.84. The second-order valence-corrected chi connectivity index (χ2v) is 6.48. The number of hydrogen-bond donors (Lipinski definition) is 1. The molecule has 0 saturated carbocycles. The minimum absolute atomic E-state index is 0.0644. The molecule has 1 N–H and O–H groups in total. The van der Waals surface area contributed by atoms with Crippen LogP contribution in [0.15, 0.2) is 42.5 Å². The number of benzene rings is 2. The molecule has 0 bridgehead atoms. The molecule has 3 rings (SSSR count). The standard InChI is InChI=1S/C18H16Cl2N2O2/c19-15-6-5-12(9-16(15)20)7-8-21-17(23)11-22-10-13-3-1-2-4-14(13)18(22)24/h1-6,9H,7-8,10-11H2,(H,21,23). The first kappa shape index (κ1) is 16.8. The Balaban J connectivity index is 1.48. The molecule has 0 aromatic heterocycles. The summed E-state index contributed by atoms with van der Waals surface area (Å²) in [6, 6.07) is 12.8. The van der Waals surface area contributed by atoms with Gasteiger partial charge in [-0.15, -0.1) is 0 Å². The van der Waals surface area contributed by atoms with E-state index in [4.69, 9.17) is 23.2 Å². The largest absolute Gasteiger partial charge is 0.354 e. The Kier molecular flexibility index (Phi) is 5.07. The zero-order chi connectivity index (χ0) is 17.1. The van der Waals surface area contributed by atoms with Gasteiger partial charge in [0.1, 0.15) is 6.54 Å². The maximum absolute atomic E-state index is 12.2. The first-order chi connectivity index (χ1) is 11.5. The quantitative estimate of drug-likeness (QED) is 0.886. The Morgan fingerprint density at radius 2 is 1.92 bits per heavy atom. The van der Waals surface area contributed by atoms with Crippen LogP contribution in [0.4, 0.5) is 0 Å². The zero-order valence-corrected chi connectivity index (χ0v) is 14.4. The number of halogens is 2. The van der Waals surface area contributed by atoms with Gasteiger partial charge in [0.2, 0.25) is 5.91 Å². The lowest BCUT2D eigenvalue weighted by Crippen LogP contribution is -2.38. The van der Waals surface area contributed by atoms with Crippen LogP contribution in [0.25, 0.3) is 0 Å². The van der Waals surface area contributed by atoms with E-state index in [9.17, 15) is 9.59 Å². The summed E-state index contributed by atoms with van der Waals surface area (Å²) in [5.74, 6) is -0.263. The highest BCUT2D eigenvalue weighted by molar-refractivity contribution is 6.42. The lowest BCUT2D eigenvalue weighted by Gasteiger charge is -2.15. The average Bonchev–Trinajstić information content (AvgIpc) is 2.87. The van der Waals surface area contributed by atoms with Crippen molar-refractivity contribution in [3.63, 3.8) is 0 Å². The number of rotatable bonds is 5. The Morgan fingerprint density at radius 1 is 1.12 bits per heavy atom. The second-order valence-electron chi connectivity index (χ2n) is 5.67. The van der Waals surface area contributed by atoms with Gasteiger partial charge < -0.3 is 10.2 Å². The number of carbonyl (C=O) groups is 2. The van der Waals surface area contributed by atoms with Crippen LogP contribution in [0.1, 0.15) is 21.5 Å². The van der Waals surface area contributed by atoms with Gasteiger partial charge in [0.05, 0.1) is 10.0 Å². The van der Waals surface area contributed by atoms with Crippen molar-refractivity contribution < 1.29 is 9.59 Å². The third-order valence-electron chi connectivity index (χ3n) is 3.95. The second kappa shape index (κ2) is 7.24. The zero-order valence-electron chi connectivity index (χ0n) is 12.9. The van der Waals surface area contributed by atoms with E-state index in [0.717, 1.165) is 11.1 Å². The lowest BCUT2D eigenvalue weighted by atomic mass is 10.1. The third-order valence-corrected chi connectivity index (χ3v) is 4.69. The number of fused-ring (bicyclic) bond motifs is 1. The highest BCUT2D eigenvalue weighted by Crippen LogP contribution is 2.23.